The molecule has 1 saturated carbocycles. The molecule has 1 fully saturated rings. The van der Waals surface area contributed by atoms with E-state index in [1.807, 2.05) is 38.1 Å². The van der Waals surface area contributed by atoms with Crippen molar-refractivity contribution in [3.05, 3.63) is 69.1 Å². The molecule has 1 aromatic carbocycles. The van der Waals surface area contributed by atoms with Crippen LogP contribution in [0.25, 0.3) is 0 Å². The fraction of sp³-hybridized carbons (Fsp3) is 0.350. The highest BCUT2D eigenvalue weighted by atomic mass is 16.2. The molecule has 1 heterocycles. The number of aryl methyl sites for hydroxylation is 1. The summed E-state index contributed by atoms with van der Waals surface area (Å²) in [6, 6.07) is 9.03. The number of pyridine rings is 1. The average molecular weight is 353 g/mol. The van der Waals surface area contributed by atoms with E-state index in [-0.39, 0.29) is 23.6 Å². The summed E-state index contributed by atoms with van der Waals surface area (Å²) >= 11 is 0. The molecule has 6 heteroatoms. The Morgan fingerprint density at radius 3 is 2.50 bits per heavy atom. The predicted octanol–water partition coefficient (Wildman–Crippen LogP) is 2.02. The first-order valence-electron chi connectivity index (χ1n) is 8.77. The molecular formula is C20H23N3O3. The predicted molar refractivity (Wildman–Crippen MR) is 99.6 cm³/mol. The maximum Gasteiger partial charge on any atom is 0.264 e. The van der Waals surface area contributed by atoms with E-state index in [0.29, 0.717) is 5.56 Å². The van der Waals surface area contributed by atoms with Gasteiger partial charge in [-0.1, -0.05) is 24.3 Å². The van der Waals surface area contributed by atoms with Gasteiger partial charge in [0.05, 0.1) is 11.6 Å². The lowest BCUT2D eigenvalue weighted by atomic mass is 10.0. The number of hydrogen-bond acceptors (Lipinski definition) is 3. The van der Waals surface area contributed by atoms with Crippen molar-refractivity contribution in [3.63, 3.8) is 0 Å². The van der Waals surface area contributed by atoms with Crippen molar-refractivity contribution in [3.8, 4) is 0 Å². The molecule has 2 amide bonds. The molecule has 0 unspecified atom stereocenters. The van der Waals surface area contributed by atoms with Crippen LogP contribution in [0.4, 0.5) is 0 Å². The zero-order valence-electron chi connectivity index (χ0n) is 15.2. The number of benzene rings is 1. The van der Waals surface area contributed by atoms with Gasteiger partial charge in [0.25, 0.3) is 17.4 Å². The zero-order valence-corrected chi connectivity index (χ0v) is 15.2. The summed E-state index contributed by atoms with van der Waals surface area (Å²) in [7, 11) is 1.47. The van der Waals surface area contributed by atoms with Crippen LogP contribution in [0.2, 0.25) is 0 Å². The molecule has 136 valence electrons. The van der Waals surface area contributed by atoms with Crippen LogP contribution in [0.5, 0.6) is 0 Å². The van der Waals surface area contributed by atoms with Crippen LogP contribution in [0, 0.1) is 6.92 Å². The normalized spacial score (nSPS) is 14.6. The molecular weight excluding hydrogens is 330 g/mol. The van der Waals surface area contributed by atoms with Gasteiger partial charge in [0.2, 0.25) is 0 Å². The number of hydrogen-bond donors (Lipinski definition) is 2. The Morgan fingerprint density at radius 1 is 1.19 bits per heavy atom. The van der Waals surface area contributed by atoms with Crippen LogP contribution < -0.4 is 16.2 Å². The van der Waals surface area contributed by atoms with Gasteiger partial charge in [0, 0.05) is 19.3 Å². The third-order valence-corrected chi connectivity index (χ3v) is 4.75. The summed E-state index contributed by atoms with van der Waals surface area (Å²) in [5.41, 5.74) is 1.88. The second-order valence-corrected chi connectivity index (χ2v) is 6.71. The second-order valence-electron chi connectivity index (χ2n) is 6.71. The minimum atomic E-state index is -0.498. The first kappa shape index (κ1) is 17.9. The molecule has 3 rings (SSSR count). The van der Waals surface area contributed by atoms with Crippen LogP contribution in [0.15, 0.2) is 41.3 Å². The Kier molecular flexibility index (Phi) is 4.93. The summed E-state index contributed by atoms with van der Waals surface area (Å²) in [5.74, 6) is -0.759. The Balaban J connectivity index is 2.10. The van der Waals surface area contributed by atoms with Gasteiger partial charge in [-0.15, -0.1) is 0 Å². The van der Waals surface area contributed by atoms with Gasteiger partial charge in [0.1, 0.15) is 5.56 Å². The lowest BCUT2D eigenvalue weighted by Crippen LogP contribution is -2.35. The van der Waals surface area contributed by atoms with E-state index in [0.717, 1.165) is 24.0 Å². The van der Waals surface area contributed by atoms with E-state index >= 15 is 0 Å². The van der Waals surface area contributed by atoms with Crippen molar-refractivity contribution in [2.24, 2.45) is 0 Å². The summed E-state index contributed by atoms with van der Waals surface area (Å²) in [4.78, 5) is 37.5. The van der Waals surface area contributed by atoms with Gasteiger partial charge in [-0.2, -0.15) is 0 Å². The fourth-order valence-electron chi connectivity index (χ4n) is 3.01. The van der Waals surface area contributed by atoms with Crippen LogP contribution in [0.1, 0.15) is 57.7 Å². The molecule has 1 aliphatic rings. The van der Waals surface area contributed by atoms with Gasteiger partial charge in [-0.05, 0) is 43.9 Å². The van der Waals surface area contributed by atoms with E-state index < -0.39 is 11.5 Å². The van der Waals surface area contributed by atoms with E-state index in [4.69, 9.17) is 0 Å². The smallest absolute Gasteiger partial charge is 0.264 e. The Labute approximate surface area is 152 Å². The third kappa shape index (κ3) is 3.54. The molecule has 1 aliphatic carbocycles. The highest BCUT2D eigenvalue weighted by Gasteiger charge is 2.26. The maximum atomic E-state index is 12.9. The molecule has 0 saturated heterocycles. The lowest BCUT2D eigenvalue weighted by Gasteiger charge is -2.20. The van der Waals surface area contributed by atoms with E-state index in [1.165, 1.54) is 17.7 Å². The van der Waals surface area contributed by atoms with Gasteiger partial charge in [-0.3, -0.25) is 14.4 Å². The summed E-state index contributed by atoms with van der Waals surface area (Å²) in [5, 5.41) is 5.38. The minimum absolute atomic E-state index is 0.0311. The quantitative estimate of drug-likeness (QED) is 0.863. The van der Waals surface area contributed by atoms with Crippen molar-refractivity contribution in [2.75, 3.05) is 7.05 Å². The van der Waals surface area contributed by atoms with Gasteiger partial charge in [-0.25, -0.2) is 0 Å². The van der Waals surface area contributed by atoms with E-state index in [9.17, 15) is 14.4 Å². The molecule has 6 nitrogen and oxygen atoms in total. The molecule has 2 aromatic rings. The lowest BCUT2D eigenvalue weighted by molar-refractivity contribution is 0.0950. The van der Waals surface area contributed by atoms with Crippen LogP contribution in [0.3, 0.4) is 0 Å². The summed E-state index contributed by atoms with van der Waals surface area (Å²) in [6.07, 6.45) is 3.48. The largest absolute Gasteiger partial charge is 0.355 e. The van der Waals surface area contributed by atoms with Crippen LogP contribution >= 0.6 is 0 Å². The first-order valence-corrected chi connectivity index (χ1v) is 8.77. The number of nitrogens with one attached hydrogen (secondary N) is 2. The monoisotopic (exact) mass is 353 g/mol. The maximum absolute atomic E-state index is 12.9. The number of carbonyl (C=O) groups is 2. The topological polar surface area (TPSA) is 80.2 Å². The van der Waals surface area contributed by atoms with E-state index in [1.54, 1.807) is 6.20 Å². The highest BCUT2D eigenvalue weighted by Crippen LogP contribution is 2.22. The number of carbonyl (C=O) groups excluding carboxylic acids is 2. The van der Waals surface area contributed by atoms with Crippen molar-refractivity contribution < 1.29 is 9.59 Å². The van der Waals surface area contributed by atoms with Crippen molar-refractivity contribution >= 4 is 11.8 Å². The van der Waals surface area contributed by atoms with Crippen LogP contribution in [-0.2, 0) is 0 Å². The van der Waals surface area contributed by atoms with Gasteiger partial charge >= 0.3 is 0 Å². The zero-order chi connectivity index (χ0) is 18.8. The number of aromatic nitrogens is 1. The number of rotatable bonds is 5. The van der Waals surface area contributed by atoms with E-state index in [2.05, 4.69) is 10.6 Å². The molecule has 0 bridgehead atoms. The highest BCUT2D eigenvalue weighted by molar-refractivity contribution is 5.99. The minimum Gasteiger partial charge on any atom is -0.355 e. The Hall–Kier alpha value is -2.89. The molecule has 0 aliphatic heterocycles. The van der Waals surface area contributed by atoms with Crippen molar-refractivity contribution in [1.29, 1.82) is 0 Å². The van der Waals surface area contributed by atoms with Crippen molar-refractivity contribution in [2.45, 2.75) is 38.8 Å². The summed E-state index contributed by atoms with van der Waals surface area (Å²) < 4.78 is 1.47. The number of nitrogens with zero attached hydrogens (tertiary/aromatic N) is 1. The van der Waals surface area contributed by atoms with Crippen LogP contribution in [-0.4, -0.2) is 29.5 Å². The van der Waals surface area contributed by atoms with Gasteiger partial charge < -0.3 is 15.2 Å². The Morgan fingerprint density at radius 2 is 1.88 bits per heavy atom. The van der Waals surface area contributed by atoms with Crippen molar-refractivity contribution in [1.82, 2.24) is 15.2 Å². The van der Waals surface area contributed by atoms with Gasteiger partial charge in [0.15, 0.2) is 0 Å². The first-order chi connectivity index (χ1) is 12.4. The molecule has 0 radical (unpaired) electrons. The second kappa shape index (κ2) is 7.15. The standard InChI is InChI=1S/C20H23N3O3/c1-12-6-4-5-7-16(12)13(2)23-11-14(18(24)22-15-8-9-15)10-17(20(23)26)19(25)21-3/h4-7,10-11,13,15H,8-9H2,1-3H3,(H,21,25)(H,22,24)/t13-/m0/s1. The SMILES string of the molecule is CNC(=O)c1cc(C(=O)NC2CC2)cn([C@@H](C)c2ccccc2C)c1=O. The average Bonchev–Trinajstić information content (AvgIpc) is 3.45. The Bertz CT molecular complexity index is 913. The molecule has 26 heavy (non-hydrogen) atoms. The molecule has 2 N–H and O–H groups in total. The third-order valence-electron chi connectivity index (χ3n) is 4.75. The molecule has 0 spiro atoms. The molecule has 1 aromatic heterocycles. The fourth-order valence-corrected chi connectivity index (χ4v) is 3.01. The summed E-state index contributed by atoms with van der Waals surface area (Å²) in [6.45, 7) is 3.86. The number of amides is 2. The molecule has 1 atom stereocenters.